The van der Waals surface area contributed by atoms with Crippen LogP contribution in [-0.4, -0.2) is 9.97 Å². The van der Waals surface area contributed by atoms with Crippen LogP contribution in [-0.2, 0) is 12.4 Å². The number of hydrogen-bond acceptors (Lipinski definition) is 3. The summed E-state index contributed by atoms with van der Waals surface area (Å²) >= 11 is 5.71. The van der Waals surface area contributed by atoms with Crippen molar-refractivity contribution in [3.8, 4) is 0 Å². The van der Waals surface area contributed by atoms with Crippen LogP contribution in [0.25, 0.3) is 0 Å². The zero-order chi connectivity index (χ0) is 11.2. The van der Waals surface area contributed by atoms with Gasteiger partial charge in [0.05, 0.1) is 6.54 Å². The van der Waals surface area contributed by atoms with E-state index in [9.17, 15) is 0 Å². The number of aromatic nitrogens is 2. The molecule has 0 unspecified atom stereocenters. The van der Waals surface area contributed by atoms with Gasteiger partial charge in [-0.25, -0.2) is 9.97 Å². The number of rotatable bonds is 4. The molecule has 0 saturated heterocycles. The Morgan fingerprint density at radius 3 is 2.38 bits per heavy atom. The topological polar surface area (TPSA) is 37.8 Å². The maximum atomic E-state index is 5.71. The van der Waals surface area contributed by atoms with E-state index in [1.165, 1.54) is 0 Å². The second kappa shape index (κ2) is 5.47. The van der Waals surface area contributed by atoms with Gasteiger partial charge in [-0.05, 0) is 23.8 Å². The van der Waals surface area contributed by atoms with Gasteiger partial charge >= 0.3 is 0 Å². The van der Waals surface area contributed by atoms with Crippen LogP contribution in [0.4, 0.5) is 5.69 Å². The molecule has 0 radical (unpaired) electrons. The summed E-state index contributed by atoms with van der Waals surface area (Å²) in [7, 11) is 0. The Kier molecular flexibility index (Phi) is 3.72. The molecule has 0 spiro atoms. The van der Waals surface area contributed by atoms with Gasteiger partial charge in [0.15, 0.2) is 0 Å². The predicted molar refractivity (Wildman–Crippen MR) is 65.4 cm³/mol. The van der Waals surface area contributed by atoms with Crippen LogP contribution in [0.5, 0.6) is 0 Å². The first-order chi connectivity index (χ1) is 7.88. The highest BCUT2D eigenvalue weighted by molar-refractivity contribution is 6.17. The zero-order valence-corrected chi connectivity index (χ0v) is 9.48. The van der Waals surface area contributed by atoms with Crippen molar-refractivity contribution in [3.63, 3.8) is 0 Å². The minimum absolute atomic E-state index is 0.544. The van der Waals surface area contributed by atoms with Gasteiger partial charge in [-0.1, -0.05) is 12.1 Å². The van der Waals surface area contributed by atoms with Crippen LogP contribution < -0.4 is 5.32 Å². The van der Waals surface area contributed by atoms with Gasteiger partial charge in [-0.2, -0.15) is 0 Å². The monoisotopic (exact) mass is 233 g/mol. The van der Waals surface area contributed by atoms with Crippen LogP contribution >= 0.6 is 11.6 Å². The highest BCUT2D eigenvalue weighted by Gasteiger charge is 1.95. The van der Waals surface area contributed by atoms with E-state index >= 15 is 0 Å². The summed E-state index contributed by atoms with van der Waals surface area (Å²) in [6.07, 6.45) is 3.47. The second-order valence-corrected chi connectivity index (χ2v) is 3.62. The summed E-state index contributed by atoms with van der Waals surface area (Å²) in [5.41, 5.74) is 2.16. The zero-order valence-electron chi connectivity index (χ0n) is 8.73. The van der Waals surface area contributed by atoms with E-state index < -0.39 is 0 Å². The maximum Gasteiger partial charge on any atom is 0.147 e. The van der Waals surface area contributed by atoms with Crippen molar-refractivity contribution in [3.05, 3.63) is 54.1 Å². The average Bonchev–Trinajstić information content (AvgIpc) is 2.38. The Morgan fingerprint density at radius 2 is 1.75 bits per heavy atom. The lowest BCUT2D eigenvalue weighted by atomic mass is 10.2. The van der Waals surface area contributed by atoms with Gasteiger partial charge in [0.2, 0.25) is 0 Å². The van der Waals surface area contributed by atoms with Crippen molar-refractivity contribution in [1.29, 1.82) is 0 Å². The lowest BCUT2D eigenvalue weighted by Gasteiger charge is -2.05. The van der Waals surface area contributed by atoms with E-state index in [-0.39, 0.29) is 0 Å². The molecule has 1 aromatic carbocycles. The minimum Gasteiger partial charge on any atom is -0.378 e. The molecule has 0 bridgehead atoms. The smallest absolute Gasteiger partial charge is 0.147 e. The lowest BCUT2D eigenvalue weighted by molar-refractivity contribution is 0.948. The Balaban J connectivity index is 1.94. The van der Waals surface area contributed by atoms with Crippen molar-refractivity contribution < 1.29 is 0 Å². The summed E-state index contributed by atoms with van der Waals surface area (Å²) in [6.45, 7) is 0.626. The fraction of sp³-hybridized carbons (Fsp3) is 0.167. The van der Waals surface area contributed by atoms with Gasteiger partial charge in [-0.3, -0.25) is 0 Å². The minimum atomic E-state index is 0.544. The van der Waals surface area contributed by atoms with Crippen molar-refractivity contribution in [2.45, 2.75) is 12.4 Å². The van der Waals surface area contributed by atoms with Gasteiger partial charge in [0.25, 0.3) is 0 Å². The van der Waals surface area contributed by atoms with Gasteiger partial charge in [-0.15, -0.1) is 11.6 Å². The van der Waals surface area contributed by atoms with Crippen molar-refractivity contribution in [2.24, 2.45) is 0 Å². The molecular formula is C12H12ClN3. The number of nitrogens with one attached hydrogen (secondary N) is 1. The van der Waals surface area contributed by atoms with Crippen LogP contribution in [0.3, 0.4) is 0 Å². The van der Waals surface area contributed by atoms with E-state index in [0.29, 0.717) is 12.4 Å². The van der Waals surface area contributed by atoms with E-state index in [2.05, 4.69) is 15.3 Å². The van der Waals surface area contributed by atoms with E-state index in [1.807, 2.05) is 24.3 Å². The van der Waals surface area contributed by atoms with Crippen LogP contribution in [0.15, 0.2) is 42.7 Å². The van der Waals surface area contributed by atoms with Crippen LogP contribution in [0.1, 0.15) is 11.4 Å². The molecule has 1 aromatic heterocycles. The molecule has 0 atom stereocenters. The van der Waals surface area contributed by atoms with Crippen LogP contribution in [0.2, 0.25) is 0 Å². The molecule has 1 N–H and O–H groups in total. The average molecular weight is 234 g/mol. The molecule has 2 aromatic rings. The van der Waals surface area contributed by atoms with E-state index in [0.717, 1.165) is 17.1 Å². The number of halogens is 1. The summed E-state index contributed by atoms with van der Waals surface area (Å²) < 4.78 is 0. The molecule has 16 heavy (non-hydrogen) atoms. The first kappa shape index (κ1) is 10.9. The standard InChI is InChI=1S/C12H12ClN3/c13-8-10-2-4-11(5-3-10)16-9-12-14-6-1-7-15-12/h1-7,16H,8-9H2. The molecule has 2 rings (SSSR count). The number of benzene rings is 1. The molecule has 0 aliphatic rings. The molecule has 0 fully saturated rings. The Bertz CT molecular complexity index is 428. The fourth-order valence-electron chi connectivity index (χ4n) is 1.31. The number of anilines is 1. The molecule has 0 aliphatic heterocycles. The number of alkyl halides is 1. The fourth-order valence-corrected chi connectivity index (χ4v) is 1.49. The maximum absolute atomic E-state index is 5.71. The largest absolute Gasteiger partial charge is 0.378 e. The molecule has 0 saturated carbocycles. The predicted octanol–water partition coefficient (Wildman–Crippen LogP) is 2.83. The van der Waals surface area contributed by atoms with Crippen molar-refractivity contribution >= 4 is 17.3 Å². The van der Waals surface area contributed by atoms with Gasteiger partial charge in [0.1, 0.15) is 5.82 Å². The molecule has 3 nitrogen and oxygen atoms in total. The highest BCUT2D eigenvalue weighted by Crippen LogP contribution is 2.11. The Hall–Kier alpha value is -1.61. The molecule has 4 heteroatoms. The van der Waals surface area contributed by atoms with Crippen LogP contribution in [0, 0.1) is 0 Å². The molecule has 1 heterocycles. The third-order valence-electron chi connectivity index (χ3n) is 2.18. The Morgan fingerprint density at radius 1 is 1.06 bits per heavy atom. The summed E-state index contributed by atoms with van der Waals surface area (Å²) in [4.78, 5) is 8.27. The third kappa shape index (κ3) is 2.94. The normalized spacial score (nSPS) is 10.1. The first-order valence-electron chi connectivity index (χ1n) is 5.03. The summed E-state index contributed by atoms with van der Waals surface area (Å²) in [6, 6.07) is 9.81. The first-order valence-corrected chi connectivity index (χ1v) is 5.56. The molecule has 0 aliphatic carbocycles. The molecule has 82 valence electrons. The lowest BCUT2D eigenvalue weighted by Crippen LogP contribution is -2.03. The number of hydrogen-bond donors (Lipinski definition) is 1. The molecular weight excluding hydrogens is 222 g/mol. The molecule has 0 amide bonds. The van der Waals surface area contributed by atoms with Crippen molar-refractivity contribution in [2.75, 3.05) is 5.32 Å². The summed E-state index contributed by atoms with van der Waals surface area (Å²) in [5, 5.41) is 3.24. The second-order valence-electron chi connectivity index (χ2n) is 3.35. The quantitative estimate of drug-likeness (QED) is 0.826. The van der Waals surface area contributed by atoms with Gasteiger partial charge in [0, 0.05) is 24.0 Å². The third-order valence-corrected chi connectivity index (χ3v) is 2.49. The summed E-state index contributed by atoms with van der Waals surface area (Å²) in [5.74, 6) is 1.33. The Labute approximate surface area is 99.5 Å². The number of nitrogens with zero attached hydrogens (tertiary/aromatic N) is 2. The highest BCUT2D eigenvalue weighted by atomic mass is 35.5. The van der Waals surface area contributed by atoms with E-state index in [1.54, 1.807) is 18.5 Å². The van der Waals surface area contributed by atoms with Crippen molar-refractivity contribution in [1.82, 2.24) is 9.97 Å². The van der Waals surface area contributed by atoms with Gasteiger partial charge < -0.3 is 5.32 Å². The SMILES string of the molecule is ClCc1ccc(NCc2ncccn2)cc1. The van der Waals surface area contributed by atoms with E-state index in [4.69, 9.17) is 11.6 Å².